The Labute approximate surface area is 208 Å². The molecule has 1 aliphatic heterocycles. The van der Waals surface area contributed by atoms with Crippen molar-refractivity contribution in [3.63, 3.8) is 0 Å². The number of methoxy groups -OCH3 is 2. The Morgan fingerprint density at radius 3 is 2.36 bits per heavy atom. The highest BCUT2D eigenvalue weighted by molar-refractivity contribution is 6.51. The second-order valence-corrected chi connectivity index (χ2v) is 9.39. The van der Waals surface area contributed by atoms with E-state index in [1.54, 1.807) is 55.6 Å². The molecule has 1 amide bonds. The fraction of sp³-hybridized carbons (Fsp3) is 0.250. The standard InChI is InChI=1S/C28H27NO7/c1-28(2,3)19-15-16(11-12-20(19)34-4)24(30)22-23(21-10-7-13-36-21)29(26(32)25(22)31)18-9-6-8-17(14-18)27(33)35-5/h6-15,23,30H,1-5H3/b24-22-. The van der Waals surface area contributed by atoms with Crippen LogP contribution in [0.5, 0.6) is 5.75 Å². The van der Waals surface area contributed by atoms with Gasteiger partial charge in [0.15, 0.2) is 0 Å². The first-order valence-corrected chi connectivity index (χ1v) is 11.3. The number of ketones is 1. The van der Waals surface area contributed by atoms with Crippen LogP contribution in [0.25, 0.3) is 5.76 Å². The molecule has 8 nitrogen and oxygen atoms in total. The highest BCUT2D eigenvalue weighted by atomic mass is 16.5. The topological polar surface area (TPSA) is 106 Å². The van der Waals surface area contributed by atoms with Crippen molar-refractivity contribution in [1.82, 2.24) is 0 Å². The molecule has 3 aromatic rings. The summed E-state index contributed by atoms with van der Waals surface area (Å²) in [5.41, 5.74) is 1.24. The molecular weight excluding hydrogens is 462 g/mol. The lowest BCUT2D eigenvalue weighted by Crippen LogP contribution is -2.29. The maximum absolute atomic E-state index is 13.3. The lowest BCUT2D eigenvalue weighted by atomic mass is 9.84. The Morgan fingerprint density at radius 2 is 1.75 bits per heavy atom. The number of benzene rings is 2. The summed E-state index contributed by atoms with van der Waals surface area (Å²) in [6, 6.07) is 13.5. The van der Waals surface area contributed by atoms with E-state index in [1.807, 2.05) is 20.8 Å². The average molecular weight is 490 g/mol. The Kier molecular flexibility index (Phi) is 6.45. The first-order valence-electron chi connectivity index (χ1n) is 11.3. The van der Waals surface area contributed by atoms with Crippen LogP contribution in [0.2, 0.25) is 0 Å². The zero-order chi connectivity index (χ0) is 26.2. The van der Waals surface area contributed by atoms with E-state index in [1.165, 1.54) is 24.3 Å². The van der Waals surface area contributed by atoms with Crippen LogP contribution in [0.3, 0.4) is 0 Å². The van der Waals surface area contributed by atoms with Gasteiger partial charge in [-0.2, -0.15) is 0 Å². The second kappa shape index (κ2) is 9.37. The first-order chi connectivity index (χ1) is 17.1. The molecule has 2 heterocycles. The van der Waals surface area contributed by atoms with E-state index in [0.717, 1.165) is 5.56 Å². The van der Waals surface area contributed by atoms with Gasteiger partial charge in [-0.15, -0.1) is 0 Å². The van der Waals surface area contributed by atoms with Gasteiger partial charge in [0.25, 0.3) is 11.7 Å². The molecular formula is C28H27NO7. The number of carbonyl (C=O) groups is 3. The second-order valence-electron chi connectivity index (χ2n) is 9.39. The number of nitrogens with zero attached hydrogens (tertiary/aromatic N) is 1. The van der Waals surface area contributed by atoms with Crippen molar-refractivity contribution in [3.05, 3.63) is 88.9 Å². The van der Waals surface area contributed by atoms with Gasteiger partial charge in [-0.25, -0.2) is 4.79 Å². The van der Waals surface area contributed by atoms with Crippen LogP contribution in [-0.2, 0) is 19.7 Å². The average Bonchev–Trinajstić information content (AvgIpc) is 3.49. The van der Waals surface area contributed by atoms with Crippen molar-refractivity contribution in [2.24, 2.45) is 0 Å². The van der Waals surface area contributed by atoms with Gasteiger partial charge in [-0.1, -0.05) is 26.8 Å². The summed E-state index contributed by atoms with van der Waals surface area (Å²) >= 11 is 0. The smallest absolute Gasteiger partial charge is 0.337 e. The van der Waals surface area contributed by atoms with E-state index < -0.39 is 23.7 Å². The number of aliphatic hydroxyl groups excluding tert-OH is 1. The number of furan rings is 1. The molecule has 0 saturated carbocycles. The molecule has 1 fully saturated rings. The van der Waals surface area contributed by atoms with E-state index in [4.69, 9.17) is 13.9 Å². The summed E-state index contributed by atoms with van der Waals surface area (Å²) in [7, 11) is 2.82. The molecule has 0 radical (unpaired) electrons. The third kappa shape index (κ3) is 4.26. The van der Waals surface area contributed by atoms with Gasteiger partial charge in [0, 0.05) is 16.8 Å². The fourth-order valence-electron chi connectivity index (χ4n) is 4.31. The number of aliphatic hydroxyl groups is 1. The number of carbonyl (C=O) groups excluding carboxylic acids is 3. The number of esters is 1. The summed E-state index contributed by atoms with van der Waals surface area (Å²) < 4.78 is 15.9. The van der Waals surface area contributed by atoms with E-state index >= 15 is 0 Å². The van der Waals surface area contributed by atoms with Crippen LogP contribution in [0.4, 0.5) is 5.69 Å². The van der Waals surface area contributed by atoms with Crippen LogP contribution in [-0.4, -0.2) is 37.0 Å². The van der Waals surface area contributed by atoms with Gasteiger partial charge in [0.1, 0.15) is 23.3 Å². The molecule has 1 unspecified atom stereocenters. The predicted molar refractivity (Wildman–Crippen MR) is 133 cm³/mol. The minimum absolute atomic E-state index is 0.122. The molecule has 1 N–H and O–H groups in total. The van der Waals surface area contributed by atoms with Crippen molar-refractivity contribution in [3.8, 4) is 5.75 Å². The van der Waals surface area contributed by atoms with Gasteiger partial charge in [-0.05, 0) is 53.9 Å². The number of amides is 1. The van der Waals surface area contributed by atoms with Gasteiger partial charge in [0.05, 0.1) is 31.6 Å². The largest absolute Gasteiger partial charge is 0.507 e. The number of Topliss-reactive ketones (excluding diaryl/α,β-unsaturated/α-hetero) is 1. The van der Waals surface area contributed by atoms with Gasteiger partial charge >= 0.3 is 5.97 Å². The molecule has 8 heteroatoms. The van der Waals surface area contributed by atoms with Crippen LogP contribution in [0.15, 0.2) is 70.9 Å². The molecule has 1 atom stereocenters. The minimum atomic E-state index is -1.05. The van der Waals surface area contributed by atoms with Crippen LogP contribution >= 0.6 is 0 Å². The third-order valence-electron chi connectivity index (χ3n) is 6.08. The van der Waals surface area contributed by atoms with Gasteiger partial charge in [-0.3, -0.25) is 14.5 Å². The monoisotopic (exact) mass is 489 g/mol. The van der Waals surface area contributed by atoms with E-state index in [9.17, 15) is 19.5 Å². The highest BCUT2D eigenvalue weighted by Gasteiger charge is 2.48. The number of ether oxygens (including phenoxy) is 2. The SMILES string of the molecule is COC(=O)c1cccc(N2C(=O)C(=O)/C(=C(\O)c3ccc(OC)c(C(C)(C)C)c3)C2c2ccco2)c1. The number of hydrogen-bond donors (Lipinski definition) is 1. The van der Waals surface area contributed by atoms with Crippen molar-refractivity contribution in [2.45, 2.75) is 32.2 Å². The minimum Gasteiger partial charge on any atom is -0.507 e. The molecule has 0 spiro atoms. The highest BCUT2D eigenvalue weighted by Crippen LogP contribution is 2.43. The van der Waals surface area contributed by atoms with Crippen molar-refractivity contribution in [1.29, 1.82) is 0 Å². The Morgan fingerprint density at radius 1 is 1.00 bits per heavy atom. The predicted octanol–water partition coefficient (Wildman–Crippen LogP) is 5.00. The molecule has 0 aliphatic carbocycles. The summed E-state index contributed by atoms with van der Waals surface area (Å²) in [5.74, 6) is -1.73. The quantitative estimate of drug-likeness (QED) is 0.233. The van der Waals surface area contributed by atoms with Gasteiger partial charge in [0.2, 0.25) is 0 Å². The lowest BCUT2D eigenvalue weighted by Gasteiger charge is -2.24. The summed E-state index contributed by atoms with van der Waals surface area (Å²) in [6.07, 6.45) is 1.42. The summed E-state index contributed by atoms with van der Waals surface area (Å²) in [4.78, 5) is 39.9. The summed E-state index contributed by atoms with van der Waals surface area (Å²) in [5, 5.41) is 11.4. The molecule has 0 bridgehead atoms. The number of anilines is 1. The Balaban J connectivity index is 1.92. The molecule has 36 heavy (non-hydrogen) atoms. The van der Waals surface area contributed by atoms with E-state index in [-0.39, 0.29) is 33.8 Å². The third-order valence-corrected chi connectivity index (χ3v) is 6.08. The van der Waals surface area contributed by atoms with E-state index in [0.29, 0.717) is 11.3 Å². The normalized spacial score (nSPS) is 17.4. The number of rotatable bonds is 5. The maximum Gasteiger partial charge on any atom is 0.337 e. The van der Waals surface area contributed by atoms with Crippen LogP contribution < -0.4 is 9.64 Å². The maximum atomic E-state index is 13.3. The zero-order valence-electron chi connectivity index (χ0n) is 20.7. The molecule has 1 saturated heterocycles. The van der Waals surface area contributed by atoms with Gasteiger partial charge < -0.3 is 19.0 Å². The zero-order valence-corrected chi connectivity index (χ0v) is 20.7. The Bertz CT molecular complexity index is 1360. The fourth-order valence-corrected chi connectivity index (χ4v) is 4.31. The van der Waals surface area contributed by atoms with Crippen molar-refractivity contribution < 1.29 is 33.4 Å². The first kappa shape index (κ1) is 24.8. The molecule has 186 valence electrons. The molecule has 1 aliphatic rings. The van der Waals surface area contributed by atoms with Crippen molar-refractivity contribution in [2.75, 3.05) is 19.1 Å². The molecule has 2 aromatic carbocycles. The Hall–Kier alpha value is -4.33. The lowest BCUT2D eigenvalue weighted by molar-refractivity contribution is -0.132. The summed E-state index contributed by atoms with van der Waals surface area (Å²) in [6.45, 7) is 6.01. The number of hydrogen-bond acceptors (Lipinski definition) is 7. The molecule has 4 rings (SSSR count). The van der Waals surface area contributed by atoms with E-state index in [2.05, 4.69) is 0 Å². The van der Waals surface area contributed by atoms with Crippen molar-refractivity contribution >= 4 is 29.1 Å². The van der Waals surface area contributed by atoms with Crippen LogP contribution in [0, 0.1) is 0 Å². The molecule has 1 aromatic heterocycles. The van der Waals surface area contributed by atoms with Crippen LogP contribution in [0.1, 0.15) is 54.1 Å².